The summed E-state index contributed by atoms with van der Waals surface area (Å²) in [5, 5.41) is 3.46. The lowest BCUT2D eigenvalue weighted by molar-refractivity contribution is -0.122. The number of primary amides is 1. The molecule has 1 aromatic carbocycles. The Morgan fingerprint density at radius 2 is 1.97 bits per heavy atom. The van der Waals surface area contributed by atoms with Crippen LogP contribution in [-0.4, -0.2) is 48.9 Å². The second-order valence-corrected chi connectivity index (χ2v) is 7.89. The highest BCUT2D eigenvalue weighted by molar-refractivity contribution is 5.79. The van der Waals surface area contributed by atoms with Crippen molar-refractivity contribution in [2.45, 2.75) is 32.9 Å². The molecule has 0 radical (unpaired) electrons. The number of aromatic nitrogens is 1. The number of piperidine rings is 1. The number of amides is 1. The Morgan fingerprint density at radius 3 is 2.60 bits per heavy atom. The van der Waals surface area contributed by atoms with Crippen LogP contribution in [0.4, 0.5) is 5.82 Å². The minimum atomic E-state index is -0.196. The number of nitrogens with two attached hydrogens (primary N) is 1. The van der Waals surface area contributed by atoms with E-state index in [0.29, 0.717) is 6.54 Å². The largest absolute Gasteiger partial charge is 0.369 e. The van der Waals surface area contributed by atoms with Crippen LogP contribution in [0.1, 0.15) is 29.5 Å². The topological polar surface area (TPSA) is 86.9 Å². The standard InChI is InChI=1S/C23H32N6O/c1-17-6-8-18(9-7-17)16-28(3)23(25-2)27-15-20-5-4-12-26-22(20)29-13-10-19(11-14-29)21(24)30/h4-9,12,19H,10-11,13-16H2,1-3H3,(H2,24,30)(H,25,27). The highest BCUT2D eigenvalue weighted by atomic mass is 16.1. The fourth-order valence-electron chi connectivity index (χ4n) is 3.83. The summed E-state index contributed by atoms with van der Waals surface area (Å²) in [5.41, 5.74) is 9.08. The number of anilines is 1. The van der Waals surface area contributed by atoms with E-state index in [2.05, 4.69) is 62.3 Å². The third-order valence-electron chi connectivity index (χ3n) is 5.62. The normalized spacial score (nSPS) is 15.2. The lowest BCUT2D eigenvalue weighted by Gasteiger charge is -2.32. The second kappa shape index (κ2) is 10.1. The zero-order chi connectivity index (χ0) is 21.5. The Balaban J connectivity index is 1.62. The van der Waals surface area contributed by atoms with Gasteiger partial charge in [-0.05, 0) is 31.4 Å². The van der Waals surface area contributed by atoms with Crippen molar-refractivity contribution in [2.75, 3.05) is 32.1 Å². The van der Waals surface area contributed by atoms with Crippen LogP contribution in [0.2, 0.25) is 0 Å². The monoisotopic (exact) mass is 408 g/mol. The number of carbonyl (C=O) groups is 1. The molecule has 0 unspecified atom stereocenters. The number of hydrogen-bond donors (Lipinski definition) is 2. The summed E-state index contributed by atoms with van der Waals surface area (Å²) in [6, 6.07) is 12.6. The fourth-order valence-corrected chi connectivity index (χ4v) is 3.83. The smallest absolute Gasteiger partial charge is 0.220 e. The van der Waals surface area contributed by atoms with Gasteiger partial charge in [0.25, 0.3) is 0 Å². The maximum Gasteiger partial charge on any atom is 0.220 e. The van der Waals surface area contributed by atoms with Gasteiger partial charge in [0.15, 0.2) is 5.96 Å². The second-order valence-electron chi connectivity index (χ2n) is 7.89. The Bertz CT molecular complexity index is 872. The summed E-state index contributed by atoms with van der Waals surface area (Å²) in [6.45, 7) is 5.08. The van der Waals surface area contributed by atoms with Crippen molar-refractivity contribution in [3.8, 4) is 0 Å². The van der Waals surface area contributed by atoms with E-state index in [4.69, 9.17) is 5.73 Å². The van der Waals surface area contributed by atoms with Crippen molar-refractivity contribution in [1.29, 1.82) is 0 Å². The molecule has 7 heteroatoms. The number of aliphatic imine (C=N–C) groups is 1. The summed E-state index contributed by atoms with van der Waals surface area (Å²) < 4.78 is 0. The van der Waals surface area contributed by atoms with Crippen LogP contribution >= 0.6 is 0 Å². The quantitative estimate of drug-likeness (QED) is 0.566. The van der Waals surface area contributed by atoms with Crippen LogP contribution in [0, 0.1) is 12.8 Å². The molecule has 3 rings (SSSR count). The van der Waals surface area contributed by atoms with Crippen LogP contribution < -0.4 is 16.0 Å². The van der Waals surface area contributed by atoms with E-state index in [0.717, 1.165) is 49.8 Å². The molecule has 0 bridgehead atoms. The first-order valence-corrected chi connectivity index (χ1v) is 10.4. The van der Waals surface area contributed by atoms with Gasteiger partial charge in [0, 0.05) is 58.0 Å². The predicted molar refractivity (Wildman–Crippen MR) is 121 cm³/mol. The predicted octanol–water partition coefficient (Wildman–Crippen LogP) is 2.30. The number of nitrogens with one attached hydrogen (secondary N) is 1. The van der Waals surface area contributed by atoms with E-state index in [-0.39, 0.29) is 11.8 Å². The maximum atomic E-state index is 11.4. The number of aryl methyl sites for hydroxylation is 1. The lowest BCUT2D eigenvalue weighted by atomic mass is 9.96. The van der Waals surface area contributed by atoms with Crippen molar-refractivity contribution in [2.24, 2.45) is 16.6 Å². The molecule has 1 saturated heterocycles. The Kier molecular flexibility index (Phi) is 7.27. The number of benzene rings is 1. The summed E-state index contributed by atoms with van der Waals surface area (Å²) >= 11 is 0. The van der Waals surface area contributed by atoms with Gasteiger partial charge in [-0.3, -0.25) is 9.79 Å². The van der Waals surface area contributed by atoms with E-state index in [1.54, 1.807) is 7.05 Å². The number of carbonyl (C=O) groups excluding carboxylic acids is 1. The SMILES string of the molecule is CN=C(NCc1cccnc1N1CCC(C(N)=O)CC1)N(C)Cc1ccc(C)cc1. The molecule has 2 aromatic rings. The van der Waals surface area contributed by atoms with Gasteiger partial charge in [-0.1, -0.05) is 35.9 Å². The molecule has 7 nitrogen and oxygen atoms in total. The summed E-state index contributed by atoms with van der Waals surface area (Å²) in [4.78, 5) is 24.8. The third kappa shape index (κ3) is 5.49. The first-order valence-electron chi connectivity index (χ1n) is 10.4. The molecule has 1 fully saturated rings. The van der Waals surface area contributed by atoms with Gasteiger partial charge in [0.2, 0.25) is 5.91 Å². The summed E-state index contributed by atoms with van der Waals surface area (Å²) in [5.74, 6) is 1.57. The highest BCUT2D eigenvalue weighted by Crippen LogP contribution is 2.24. The molecule has 0 atom stereocenters. The number of pyridine rings is 1. The molecular formula is C23H32N6O. The van der Waals surface area contributed by atoms with Crippen LogP contribution in [0.15, 0.2) is 47.6 Å². The van der Waals surface area contributed by atoms with Gasteiger partial charge in [-0.2, -0.15) is 0 Å². The van der Waals surface area contributed by atoms with E-state index in [1.165, 1.54) is 11.1 Å². The minimum absolute atomic E-state index is 0.0270. The van der Waals surface area contributed by atoms with Crippen LogP contribution in [-0.2, 0) is 17.9 Å². The zero-order valence-electron chi connectivity index (χ0n) is 18.1. The van der Waals surface area contributed by atoms with E-state index in [1.807, 2.05) is 19.3 Å². The minimum Gasteiger partial charge on any atom is -0.369 e. The molecular weight excluding hydrogens is 376 g/mol. The van der Waals surface area contributed by atoms with Gasteiger partial charge in [-0.15, -0.1) is 0 Å². The molecule has 30 heavy (non-hydrogen) atoms. The van der Waals surface area contributed by atoms with Gasteiger partial charge >= 0.3 is 0 Å². The molecule has 0 spiro atoms. The van der Waals surface area contributed by atoms with Crippen LogP contribution in [0.25, 0.3) is 0 Å². The summed E-state index contributed by atoms with van der Waals surface area (Å²) in [6.07, 6.45) is 3.37. The molecule has 1 aromatic heterocycles. The van der Waals surface area contributed by atoms with Gasteiger partial charge < -0.3 is 20.9 Å². The van der Waals surface area contributed by atoms with Gasteiger partial charge in [0.05, 0.1) is 0 Å². The number of nitrogens with zero attached hydrogens (tertiary/aromatic N) is 4. The van der Waals surface area contributed by atoms with Crippen LogP contribution in [0.5, 0.6) is 0 Å². The third-order valence-corrected chi connectivity index (χ3v) is 5.62. The Labute approximate surface area is 179 Å². The van der Waals surface area contributed by atoms with E-state index < -0.39 is 0 Å². The maximum absolute atomic E-state index is 11.4. The molecule has 1 aliphatic heterocycles. The first-order chi connectivity index (χ1) is 14.5. The van der Waals surface area contributed by atoms with Crippen molar-refractivity contribution in [1.82, 2.24) is 15.2 Å². The number of rotatable bonds is 6. The number of guanidine groups is 1. The van der Waals surface area contributed by atoms with Gasteiger partial charge in [-0.25, -0.2) is 4.98 Å². The molecule has 2 heterocycles. The molecule has 1 aliphatic rings. The Morgan fingerprint density at radius 1 is 1.27 bits per heavy atom. The van der Waals surface area contributed by atoms with Gasteiger partial charge in [0.1, 0.15) is 5.82 Å². The first kappa shape index (κ1) is 21.6. The highest BCUT2D eigenvalue weighted by Gasteiger charge is 2.25. The lowest BCUT2D eigenvalue weighted by Crippen LogP contribution is -2.40. The molecule has 1 amide bonds. The van der Waals surface area contributed by atoms with Crippen molar-refractivity contribution < 1.29 is 4.79 Å². The average Bonchev–Trinajstić information content (AvgIpc) is 2.76. The van der Waals surface area contributed by atoms with Crippen molar-refractivity contribution >= 4 is 17.7 Å². The number of hydrogen-bond acceptors (Lipinski definition) is 4. The van der Waals surface area contributed by atoms with Crippen LogP contribution in [0.3, 0.4) is 0 Å². The fraction of sp³-hybridized carbons (Fsp3) is 0.435. The zero-order valence-corrected chi connectivity index (χ0v) is 18.1. The molecule has 0 aliphatic carbocycles. The van der Waals surface area contributed by atoms with E-state index >= 15 is 0 Å². The molecule has 3 N–H and O–H groups in total. The summed E-state index contributed by atoms with van der Waals surface area (Å²) in [7, 11) is 3.83. The van der Waals surface area contributed by atoms with E-state index in [9.17, 15) is 4.79 Å². The average molecular weight is 409 g/mol. The Hall–Kier alpha value is -3.09. The van der Waals surface area contributed by atoms with Crippen molar-refractivity contribution in [3.63, 3.8) is 0 Å². The molecule has 0 saturated carbocycles. The van der Waals surface area contributed by atoms with Crippen molar-refractivity contribution in [3.05, 3.63) is 59.3 Å². The molecule has 160 valence electrons.